The van der Waals surface area contributed by atoms with E-state index >= 15 is 0 Å². The van der Waals surface area contributed by atoms with E-state index in [1.54, 1.807) is 6.07 Å². The van der Waals surface area contributed by atoms with Gasteiger partial charge in [0, 0.05) is 0 Å². The third-order valence-electron chi connectivity index (χ3n) is 4.03. The molecule has 1 atom stereocenters. The molecule has 0 saturated heterocycles. The van der Waals surface area contributed by atoms with Crippen LogP contribution in [-0.4, -0.2) is 20.5 Å². The molecular formula is C18H16F6O3S. The third kappa shape index (κ3) is 4.11. The topological polar surface area (TPSA) is 43.4 Å². The summed E-state index contributed by atoms with van der Waals surface area (Å²) in [6.07, 6.45) is -9.72. The average Bonchev–Trinajstić information content (AvgIpc) is 2.56. The Kier molecular flexibility index (Phi) is 5.76. The molecule has 28 heavy (non-hydrogen) atoms. The van der Waals surface area contributed by atoms with Gasteiger partial charge in [0.05, 0.1) is 0 Å². The Morgan fingerprint density at radius 1 is 0.893 bits per heavy atom. The fourth-order valence-electron chi connectivity index (χ4n) is 2.61. The predicted octanol–water partition coefficient (Wildman–Crippen LogP) is 5.59. The zero-order chi connectivity index (χ0) is 21.5. The Morgan fingerprint density at radius 2 is 1.39 bits per heavy atom. The number of alkyl halides is 6. The van der Waals surface area contributed by atoms with Gasteiger partial charge >= 0.3 is 22.2 Å². The van der Waals surface area contributed by atoms with Crippen LogP contribution in [-0.2, 0) is 10.1 Å². The summed E-state index contributed by atoms with van der Waals surface area (Å²) in [7, 11) is -4.30. The van der Waals surface area contributed by atoms with Crippen LogP contribution < -0.4 is 4.18 Å². The fraction of sp³-hybridized carbons (Fsp3) is 0.333. The number of benzene rings is 2. The van der Waals surface area contributed by atoms with Gasteiger partial charge in [0.15, 0.2) is 6.17 Å². The van der Waals surface area contributed by atoms with Gasteiger partial charge < -0.3 is 4.18 Å². The van der Waals surface area contributed by atoms with Gasteiger partial charge in [0.25, 0.3) is 0 Å². The molecule has 0 N–H and O–H groups in total. The van der Waals surface area contributed by atoms with Crippen molar-refractivity contribution in [1.82, 2.24) is 0 Å². The maximum atomic E-state index is 13.9. The van der Waals surface area contributed by atoms with Crippen molar-refractivity contribution in [2.75, 3.05) is 0 Å². The summed E-state index contributed by atoms with van der Waals surface area (Å²) in [5.74, 6) is -5.86. The first kappa shape index (κ1) is 22.1. The van der Waals surface area contributed by atoms with E-state index < -0.39 is 34.0 Å². The van der Waals surface area contributed by atoms with Crippen LogP contribution in [0.3, 0.4) is 0 Å². The van der Waals surface area contributed by atoms with E-state index in [0.29, 0.717) is 17.7 Å². The summed E-state index contributed by atoms with van der Waals surface area (Å²) in [6.45, 7) is 3.97. The van der Waals surface area contributed by atoms with Crippen molar-refractivity contribution in [3.63, 3.8) is 0 Å². The van der Waals surface area contributed by atoms with E-state index in [1.807, 2.05) is 0 Å². The first-order chi connectivity index (χ1) is 12.7. The number of aryl methyl sites for hydroxylation is 3. The van der Waals surface area contributed by atoms with Crippen LogP contribution in [0.2, 0.25) is 0 Å². The smallest absolute Gasteiger partial charge is 0.378 e. The van der Waals surface area contributed by atoms with E-state index in [1.165, 1.54) is 39.0 Å². The van der Waals surface area contributed by atoms with Crippen molar-refractivity contribution in [2.24, 2.45) is 0 Å². The Balaban J connectivity index is 2.44. The molecule has 0 aliphatic carbocycles. The van der Waals surface area contributed by atoms with Gasteiger partial charge in [0.1, 0.15) is 10.6 Å². The lowest BCUT2D eigenvalue weighted by atomic mass is 9.99. The Morgan fingerprint density at radius 3 is 1.86 bits per heavy atom. The van der Waals surface area contributed by atoms with Crippen LogP contribution in [0.5, 0.6) is 5.75 Å². The number of halogens is 6. The van der Waals surface area contributed by atoms with Gasteiger partial charge in [-0.3, -0.25) is 0 Å². The third-order valence-corrected chi connectivity index (χ3v) is 5.41. The fourth-order valence-corrected chi connectivity index (χ4v) is 3.89. The van der Waals surface area contributed by atoms with Crippen LogP contribution in [0.15, 0.2) is 41.3 Å². The summed E-state index contributed by atoms with van der Waals surface area (Å²) in [5, 5.41) is 0. The van der Waals surface area contributed by atoms with Gasteiger partial charge in [-0.15, -0.1) is 0 Å². The molecule has 0 saturated carbocycles. The highest BCUT2D eigenvalue weighted by Crippen LogP contribution is 2.47. The molecule has 0 aliphatic heterocycles. The molecule has 3 nitrogen and oxygen atoms in total. The Hall–Kier alpha value is -2.23. The lowest BCUT2D eigenvalue weighted by Crippen LogP contribution is -2.40. The minimum Gasteiger partial charge on any atom is -0.378 e. The Bertz CT molecular complexity index is 960. The van der Waals surface area contributed by atoms with Crippen molar-refractivity contribution in [1.29, 1.82) is 0 Å². The Labute approximate surface area is 158 Å². The van der Waals surface area contributed by atoms with Gasteiger partial charge in [0.2, 0.25) is 0 Å². The predicted molar refractivity (Wildman–Crippen MR) is 89.8 cm³/mol. The van der Waals surface area contributed by atoms with E-state index in [4.69, 9.17) is 4.18 Å². The molecule has 0 spiro atoms. The molecule has 0 amide bonds. The normalized spacial score (nSPS) is 14.0. The molecule has 2 aromatic rings. The molecule has 154 valence electrons. The summed E-state index contributed by atoms with van der Waals surface area (Å²) in [4.78, 5) is -0.134. The largest absolute Gasteiger partial charge is 0.456 e. The van der Waals surface area contributed by atoms with E-state index in [-0.39, 0.29) is 21.8 Å². The van der Waals surface area contributed by atoms with Gasteiger partial charge in [-0.25, -0.2) is 4.39 Å². The number of hydrogen-bond donors (Lipinski definition) is 0. The quantitative estimate of drug-likeness (QED) is 0.463. The monoisotopic (exact) mass is 426 g/mol. The molecule has 2 rings (SSSR count). The molecule has 10 heteroatoms. The molecule has 0 radical (unpaired) electrons. The zero-order valence-electron chi connectivity index (χ0n) is 14.9. The SMILES string of the molecule is Cc1ccccc1S(=O)(=O)Oc1c(C)cc(C(F)C(F)(F)C(F)(F)F)cc1C. The second-order valence-electron chi connectivity index (χ2n) is 6.27. The van der Waals surface area contributed by atoms with Crippen molar-refractivity contribution in [3.8, 4) is 5.75 Å². The highest BCUT2D eigenvalue weighted by molar-refractivity contribution is 7.87. The summed E-state index contributed by atoms with van der Waals surface area (Å²) < 4.78 is 108. The summed E-state index contributed by atoms with van der Waals surface area (Å²) >= 11 is 0. The zero-order valence-corrected chi connectivity index (χ0v) is 15.8. The molecule has 1 unspecified atom stereocenters. The van der Waals surface area contributed by atoms with Crippen molar-refractivity contribution < 1.29 is 38.9 Å². The van der Waals surface area contributed by atoms with Gasteiger partial charge in [-0.1, -0.05) is 18.2 Å². The second kappa shape index (κ2) is 7.31. The van der Waals surface area contributed by atoms with Crippen LogP contribution >= 0.6 is 0 Å². The van der Waals surface area contributed by atoms with Crippen molar-refractivity contribution >= 4 is 10.1 Å². The number of rotatable bonds is 5. The minimum absolute atomic E-state index is 0.104. The maximum Gasteiger partial charge on any atom is 0.456 e. The number of hydrogen-bond acceptors (Lipinski definition) is 3. The summed E-state index contributed by atoms with van der Waals surface area (Å²) in [6, 6.07) is 7.33. The second-order valence-corrected chi connectivity index (χ2v) is 7.78. The molecular weight excluding hydrogens is 410 g/mol. The maximum absolute atomic E-state index is 13.9. The molecule has 2 aromatic carbocycles. The van der Waals surface area contributed by atoms with E-state index in [2.05, 4.69) is 0 Å². The molecule has 0 heterocycles. The first-order valence-corrected chi connectivity index (χ1v) is 9.29. The van der Waals surface area contributed by atoms with E-state index in [0.717, 1.165) is 0 Å². The molecule has 0 aliphatic rings. The molecule has 0 fully saturated rings. The summed E-state index contributed by atoms with van der Waals surface area (Å²) in [5.41, 5.74) is -0.749. The van der Waals surface area contributed by atoms with Crippen molar-refractivity contribution in [3.05, 3.63) is 58.7 Å². The molecule has 0 aromatic heterocycles. The van der Waals surface area contributed by atoms with Crippen LogP contribution in [0.4, 0.5) is 26.3 Å². The highest BCUT2D eigenvalue weighted by Gasteiger charge is 2.63. The van der Waals surface area contributed by atoms with Crippen LogP contribution in [0.25, 0.3) is 0 Å². The van der Waals surface area contributed by atoms with Crippen LogP contribution in [0.1, 0.15) is 28.4 Å². The van der Waals surface area contributed by atoms with E-state index in [9.17, 15) is 34.8 Å². The lowest BCUT2D eigenvalue weighted by Gasteiger charge is -2.24. The first-order valence-electron chi connectivity index (χ1n) is 7.88. The highest BCUT2D eigenvalue weighted by atomic mass is 32.2. The average molecular weight is 426 g/mol. The van der Waals surface area contributed by atoms with Gasteiger partial charge in [-0.05, 0) is 61.2 Å². The lowest BCUT2D eigenvalue weighted by molar-refractivity contribution is -0.305. The minimum atomic E-state index is -6.07. The standard InChI is InChI=1S/C18H16F6O3S/c1-10-6-4-5-7-14(10)28(25,26)27-15-11(2)8-13(9-12(15)3)16(19)17(20,21)18(22,23)24/h4-9,16H,1-3H3. The molecule has 0 bridgehead atoms. The van der Waals surface area contributed by atoms with Crippen molar-refractivity contribution in [2.45, 2.75) is 43.9 Å². The van der Waals surface area contributed by atoms with Crippen LogP contribution in [0, 0.1) is 20.8 Å². The van der Waals surface area contributed by atoms with Gasteiger partial charge in [-0.2, -0.15) is 30.4 Å².